The van der Waals surface area contributed by atoms with Crippen molar-refractivity contribution in [3.8, 4) is 11.5 Å². The van der Waals surface area contributed by atoms with E-state index in [2.05, 4.69) is 10.6 Å². The average molecular weight is 296 g/mol. The Balaban J connectivity index is 1.96. The van der Waals surface area contributed by atoms with Gasteiger partial charge in [0, 0.05) is 13.0 Å². The Morgan fingerprint density at radius 1 is 1.43 bits per heavy atom. The average Bonchev–Trinajstić information content (AvgIpc) is 2.92. The summed E-state index contributed by atoms with van der Waals surface area (Å²) in [5, 5.41) is 15.4. The van der Waals surface area contributed by atoms with E-state index < -0.39 is 11.6 Å². The Kier molecular flexibility index (Phi) is 4.87. The summed E-state index contributed by atoms with van der Waals surface area (Å²) in [4.78, 5) is 11.9. The minimum Gasteiger partial charge on any atom is -0.493 e. The maximum atomic E-state index is 11.9. The van der Waals surface area contributed by atoms with Gasteiger partial charge in [0.25, 0.3) is 0 Å². The summed E-state index contributed by atoms with van der Waals surface area (Å²) in [6.07, 6.45) is 0.510. The highest BCUT2D eigenvalue weighted by molar-refractivity contribution is 5.91. The van der Waals surface area contributed by atoms with Crippen molar-refractivity contribution in [3.63, 3.8) is 0 Å². The molecule has 0 bridgehead atoms. The molecule has 3 N–H and O–H groups in total. The van der Waals surface area contributed by atoms with Gasteiger partial charge in [0.2, 0.25) is 0 Å². The van der Waals surface area contributed by atoms with Gasteiger partial charge in [-0.2, -0.15) is 0 Å². The van der Waals surface area contributed by atoms with E-state index in [1.54, 1.807) is 18.2 Å². The molecule has 0 saturated carbocycles. The monoisotopic (exact) mass is 296 g/mol. The first-order valence-electron chi connectivity index (χ1n) is 6.64. The Hall–Kier alpha value is -1.99. The summed E-state index contributed by atoms with van der Waals surface area (Å²) >= 11 is 0. The second-order valence-corrected chi connectivity index (χ2v) is 4.88. The van der Waals surface area contributed by atoms with Crippen LogP contribution in [0.25, 0.3) is 0 Å². The molecule has 1 saturated heterocycles. The van der Waals surface area contributed by atoms with Gasteiger partial charge >= 0.3 is 6.03 Å². The van der Waals surface area contributed by atoms with Crippen LogP contribution < -0.4 is 20.1 Å². The topological polar surface area (TPSA) is 89.1 Å². The molecule has 0 radical (unpaired) electrons. The van der Waals surface area contributed by atoms with Crippen LogP contribution in [0.4, 0.5) is 10.5 Å². The van der Waals surface area contributed by atoms with E-state index >= 15 is 0 Å². The first-order chi connectivity index (χ1) is 10.1. The highest BCUT2D eigenvalue weighted by Crippen LogP contribution is 2.34. The second kappa shape index (κ2) is 6.64. The fourth-order valence-electron chi connectivity index (χ4n) is 2.13. The van der Waals surface area contributed by atoms with Crippen LogP contribution in [0, 0.1) is 0 Å². The molecule has 0 aliphatic carbocycles. The van der Waals surface area contributed by atoms with Crippen molar-refractivity contribution < 1.29 is 24.1 Å². The maximum absolute atomic E-state index is 11.9. The number of carbonyl (C=O) groups is 1. The van der Waals surface area contributed by atoms with Gasteiger partial charge in [-0.15, -0.1) is 0 Å². The van der Waals surface area contributed by atoms with E-state index in [9.17, 15) is 9.90 Å². The first kappa shape index (κ1) is 15.4. The largest absolute Gasteiger partial charge is 0.493 e. The van der Waals surface area contributed by atoms with E-state index in [1.807, 2.05) is 0 Å². The second-order valence-electron chi connectivity index (χ2n) is 4.88. The molecule has 1 unspecified atom stereocenters. The van der Waals surface area contributed by atoms with E-state index in [0.29, 0.717) is 30.2 Å². The Morgan fingerprint density at radius 3 is 2.86 bits per heavy atom. The molecule has 7 nitrogen and oxygen atoms in total. The van der Waals surface area contributed by atoms with Crippen molar-refractivity contribution in [2.24, 2.45) is 0 Å². The van der Waals surface area contributed by atoms with Gasteiger partial charge in [-0.05, 0) is 12.1 Å². The van der Waals surface area contributed by atoms with Crippen LogP contribution in [0.3, 0.4) is 0 Å². The first-order valence-corrected chi connectivity index (χ1v) is 6.64. The zero-order chi connectivity index (χ0) is 15.3. The van der Waals surface area contributed by atoms with Crippen LogP contribution in [0.15, 0.2) is 18.2 Å². The van der Waals surface area contributed by atoms with Crippen LogP contribution in [-0.4, -0.2) is 50.7 Å². The third-order valence-corrected chi connectivity index (χ3v) is 3.31. The molecule has 1 aromatic carbocycles. The van der Waals surface area contributed by atoms with Gasteiger partial charge in [0.1, 0.15) is 5.60 Å². The van der Waals surface area contributed by atoms with Crippen molar-refractivity contribution in [2.75, 3.05) is 39.3 Å². The lowest BCUT2D eigenvalue weighted by atomic mass is 10.0. The van der Waals surface area contributed by atoms with Crippen LogP contribution in [-0.2, 0) is 4.74 Å². The predicted molar refractivity (Wildman–Crippen MR) is 77.0 cm³/mol. The van der Waals surface area contributed by atoms with E-state index in [0.717, 1.165) is 0 Å². The van der Waals surface area contributed by atoms with Gasteiger partial charge in [-0.3, -0.25) is 0 Å². The molecule has 1 fully saturated rings. The fraction of sp³-hybridized carbons (Fsp3) is 0.500. The number of benzene rings is 1. The van der Waals surface area contributed by atoms with E-state index in [4.69, 9.17) is 14.2 Å². The standard InChI is InChI=1S/C14H20N2O5/c1-19-11-5-3-4-10(12(11)20-2)16-13(17)15-8-14(18)6-7-21-9-14/h3-5,18H,6-9H2,1-2H3,(H2,15,16,17). The van der Waals surface area contributed by atoms with Gasteiger partial charge in [-0.25, -0.2) is 4.79 Å². The molecule has 1 aromatic rings. The number of urea groups is 1. The lowest BCUT2D eigenvalue weighted by Gasteiger charge is -2.21. The van der Waals surface area contributed by atoms with Crippen molar-refractivity contribution >= 4 is 11.7 Å². The summed E-state index contributed by atoms with van der Waals surface area (Å²) in [5.41, 5.74) is -0.500. The fourth-order valence-corrected chi connectivity index (χ4v) is 2.13. The molecule has 1 aliphatic heterocycles. The zero-order valence-electron chi connectivity index (χ0n) is 12.1. The Morgan fingerprint density at radius 2 is 2.24 bits per heavy atom. The molecular weight excluding hydrogens is 276 g/mol. The van der Waals surface area contributed by atoms with Crippen LogP contribution >= 0.6 is 0 Å². The number of carbonyl (C=O) groups excluding carboxylic acids is 1. The number of anilines is 1. The summed E-state index contributed by atoms with van der Waals surface area (Å²) in [7, 11) is 3.02. The molecule has 116 valence electrons. The SMILES string of the molecule is COc1cccc(NC(=O)NCC2(O)CCOC2)c1OC. The number of ether oxygens (including phenoxy) is 3. The third-order valence-electron chi connectivity index (χ3n) is 3.31. The van der Waals surface area contributed by atoms with Crippen LogP contribution in [0.5, 0.6) is 11.5 Å². The molecule has 2 amide bonds. The smallest absolute Gasteiger partial charge is 0.319 e. The number of rotatable bonds is 5. The van der Waals surface area contributed by atoms with E-state index in [-0.39, 0.29) is 13.2 Å². The van der Waals surface area contributed by atoms with E-state index in [1.165, 1.54) is 14.2 Å². The van der Waals surface area contributed by atoms with Gasteiger partial charge < -0.3 is 30.0 Å². The molecule has 21 heavy (non-hydrogen) atoms. The van der Waals surface area contributed by atoms with Gasteiger partial charge in [0.05, 0.1) is 33.1 Å². The molecule has 0 spiro atoms. The number of hydrogen-bond acceptors (Lipinski definition) is 5. The van der Waals surface area contributed by atoms with Crippen molar-refractivity contribution in [1.82, 2.24) is 5.32 Å². The quantitative estimate of drug-likeness (QED) is 0.753. The lowest BCUT2D eigenvalue weighted by molar-refractivity contribution is 0.0295. The minimum atomic E-state index is -0.990. The minimum absolute atomic E-state index is 0.130. The molecular formula is C14H20N2O5. The van der Waals surface area contributed by atoms with Crippen molar-refractivity contribution in [1.29, 1.82) is 0 Å². The zero-order valence-corrected chi connectivity index (χ0v) is 12.1. The number of amides is 2. The summed E-state index contributed by atoms with van der Waals surface area (Å²) < 4.78 is 15.5. The van der Waals surface area contributed by atoms with Gasteiger partial charge in [-0.1, -0.05) is 6.07 Å². The predicted octanol–water partition coefficient (Wildman–Crippen LogP) is 0.977. The van der Waals surface area contributed by atoms with Crippen LogP contribution in [0.2, 0.25) is 0 Å². The third kappa shape index (κ3) is 3.77. The molecule has 0 aromatic heterocycles. The van der Waals surface area contributed by atoms with Gasteiger partial charge in [0.15, 0.2) is 11.5 Å². The molecule has 1 aliphatic rings. The Bertz CT molecular complexity index is 500. The Labute approximate surface area is 123 Å². The van der Waals surface area contributed by atoms with Crippen LogP contribution in [0.1, 0.15) is 6.42 Å². The molecule has 1 atom stereocenters. The van der Waals surface area contributed by atoms with Crippen molar-refractivity contribution in [3.05, 3.63) is 18.2 Å². The normalized spacial score (nSPS) is 20.9. The summed E-state index contributed by atoms with van der Waals surface area (Å²) in [6, 6.07) is 4.76. The lowest BCUT2D eigenvalue weighted by Crippen LogP contribution is -2.44. The van der Waals surface area contributed by atoms with Crippen molar-refractivity contribution in [2.45, 2.75) is 12.0 Å². The molecule has 7 heteroatoms. The summed E-state index contributed by atoms with van der Waals surface area (Å²) in [5.74, 6) is 0.969. The highest BCUT2D eigenvalue weighted by Gasteiger charge is 2.32. The molecule has 2 rings (SSSR count). The highest BCUT2D eigenvalue weighted by atomic mass is 16.5. The number of nitrogens with one attached hydrogen (secondary N) is 2. The number of para-hydroxylation sites is 1. The summed E-state index contributed by atoms with van der Waals surface area (Å²) in [6.45, 7) is 0.865. The molecule has 1 heterocycles. The number of methoxy groups -OCH3 is 2. The number of aliphatic hydroxyl groups is 1. The number of hydrogen-bond donors (Lipinski definition) is 3. The maximum Gasteiger partial charge on any atom is 0.319 e.